The molecule has 0 aliphatic carbocycles. The number of hydrogen-bond donors (Lipinski definition) is 3. The van der Waals surface area contributed by atoms with E-state index in [0.717, 1.165) is 6.26 Å². The van der Waals surface area contributed by atoms with Crippen molar-refractivity contribution in [1.82, 2.24) is 10.6 Å². The van der Waals surface area contributed by atoms with Gasteiger partial charge in [-0.25, -0.2) is 13.2 Å². The maximum Gasteiger partial charge on any atom is 0.319 e. The van der Waals surface area contributed by atoms with Gasteiger partial charge in [0, 0.05) is 18.9 Å². The third-order valence-corrected chi connectivity index (χ3v) is 5.11. The van der Waals surface area contributed by atoms with Gasteiger partial charge in [0.25, 0.3) is 0 Å². The fraction of sp³-hybridized carbons (Fsp3) is 0.550. The van der Waals surface area contributed by atoms with E-state index in [4.69, 9.17) is 4.74 Å². The van der Waals surface area contributed by atoms with Crippen LogP contribution in [-0.2, 0) is 24.2 Å². The van der Waals surface area contributed by atoms with Gasteiger partial charge in [0.1, 0.15) is 11.6 Å². The Balaban J connectivity index is 2.75. The zero-order valence-corrected chi connectivity index (χ0v) is 19.1. The number of nitrogens with one attached hydrogen (secondary N) is 3. The number of amides is 3. The molecule has 0 aliphatic heterocycles. The largest absolute Gasteiger partial charge is 0.458 e. The molecule has 10 heteroatoms. The van der Waals surface area contributed by atoms with Crippen molar-refractivity contribution in [2.75, 3.05) is 18.1 Å². The molecule has 1 atom stereocenters. The van der Waals surface area contributed by atoms with E-state index in [9.17, 15) is 22.8 Å². The first-order valence-corrected chi connectivity index (χ1v) is 11.4. The molecule has 9 nitrogen and oxygen atoms in total. The summed E-state index contributed by atoms with van der Waals surface area (Å²) < 4.78 is 28.2. The third-order valence-electron chi connectivity index (χ3n) is 3.98. The van der Waals surface area contributed by atoms with Crippen LogP contribution in [0.5, 0.6) is 0 Å². The fourth-order valence-electron chi connectivity index (χ4n) is 2.66. The summed E-state index contributed by atoms with van der Waals surface area (Å²) >= 11 is 0. The molecule has 3 amide bonds. The quantitative estimate of drug-likeness (QED) is 0.503. The first-order valence-electron chi connectivity index (χ1n) is 9.54. The second-order valence-corrected chi connectivity index (χ2v) is 10.2. The van der Waals surface area contributed by atoms with Crippen molar-refractivity contribution in [3.8, 4) is 0 Å². The van der Waals surface area contributed by atoms with Gasteiger partial charge in [-0.3, -0.25) is 9.59 Å². The molecule has 168 valence electrons. The summed E-state index contributed by atoms with van der Waals surface area (Å²) in [5.74, 6) is -0.713. The Morgan fingerprint density at radius 3 is 2.13 bits per heavy atom. The molecule has 0 saturated carbocycles. The van der Waals surface area contributed by atoms with Crippen molar-refractivity contribution in [2.24, 2.45) is 5.92 Å². The van der Waals surface area contributed by atoms with Crippen LogP contribution in [0.15, 0.2) is 29.2 Å². The standard InChI is InChI=1S/C20H31N3O6S/c1-13(2)11-17(18(25)21-12-20(4,5)29-14(3)24)23-19(26)22-15-7-9-16(10-8-15)30(6,27)28/h7-10,13,17H,11-12H2,1-6H3,(H,21,25)(H2,22,23,26). The molecular weight excluding hydrogens is 410 g/mol. The Morgan fingerprint density at radius 2 is 1.67 bits per heavy atom. The summed E-state index contributed by atoms with van der Waals surface area (Å²) in [5.41, 5.74) is -0.493. The highest BCUT2D eigenvalue weighted by atomic mass is 32.2. The molecule has 0 aliphatic rings. The molecule has 0 fully saturated rings. The third kappa shape index (κ3) is 9.25. The maximum absolute atomic E-state index is 12.6. The highest BCUT2D eigenvalue weighted by Crippen LogP contribution is 2.14. The molecule has 1 aromatic carbocycles. The van der Waals surface area contributed by atoms with Crippen molar-refractivity contribution in [3.63, 3.8) is 0 Å². The number of benzene rings is 1. The van der Waals surface area contributed by atoms with E-state index < -0.39 is 39.4 Å². The molecule has 0 bridgehead atoms. The highest BCUT2D eigenvalue weighted by Gasteiger charge is 2.26. The van der Waals surface area contributed by atoms with E-state index in [1.807, 2.05) is 13.8 Å². The molecule has 0 radical (unpaired) electrons. The van der Waals surface area contributed by atoms with Crippen molar-refractivity contribution in [1.29, 1.82) is 0 Å². The molecule has 30 heavy (non-hydrogen) atoms. The van der Waals surface area contributed by atoms with Crippen LogP contribution in [0.3, 0.4) is 0 Å². The van der Waals surface area contributed by atoms with Gasteiger partial charge in [-0.2, -0.15) is 0 Å². The van der Waals surface area contributed by atoms with Crippen LogP contribution in [0.2, 0.25) is 0 Å². The molecule has 1 rings (SSSR count). The van der Waals surface area contributed by atoms with E-state index in [1.54, 1.807) is 13.8 Å². The smallest absolute Gasteiger partial charge is 0.319 e. The first kappa shape index (κ1) is 25.4. The van der Waals surface area contributed by atoms with Gasteiger partial charge in [-0.05, 0) is 50.5 Å². The number of carbonyl (C=O) groups is 3. The van der Waals surface area contributed by atoms with Gasteiger partial charge in [0.05, 0.1) is 11.4 Å². The van der Waals surface area contributed by atoms with Crippen molar-refractivity contribution in [3.05, 3.63) is 24.3 Å². The molecule has 0 saturated heterocycles. The van der Waals surface area contributed by atoms with Gasteiger partial charge in [0.15, 0.2) is 9.84 Å². The summed E-state index contributed by atoms with van der Waals surface area (Å²) in [6, 6.07) is 4.32. The predicted molar refractivity (Wildman–Crippen MR) is 114 cm³/mol. The molecule has 3 N–H and O–H groups in total. The number of urea groups is 1. The lowest BCUT2D eigenvalue weighted by Gasteiger charge is -2.27. The lowest BCUT2D eigenvalue weighted by Crippen LogP contribution is -2.51. The number of esters is 1. The van der Waals surface area contributed by atoms with Crippen molar-refractivity contribution < 1.29 is 27.5 Å². The molecule has 1 unspecified atom stereocenters. The Labute approximate surface area is 177 Å². The van der Waals surface area contributed by atoms with Gasteiger partial charge in [0.2, 0.25) is 5.91 Å². The SMILES string of the molecule is CC(=O)OC(C)(C)CNC(=O)C(CC(C)C)NC(=O)Nc1ccc(S(C)(=O)=O)cc1. The molecular formula is C20H31N3O6S. The van der Waals surface area contributed by atoms with Crippen LogP contribution >= 0.6 is 0 Å². The van der Waals surface area contributed by atoms with E-state index in [1.165, 1.54) is 31.2 Å². The average Bonchev–Trinajstić information content (AvgIpc) is 2.57. The Bertz CT molecular complexity index is 863. The van der Waals surface area contributed by atoms with Crippen LogP contribution in [0.1, 0.15) is 41.0 Å². The van der Waals surface area contributed by atoms with E-state index in [-0.39, 0.29) is 17.4 Å². The minimum atomic E-state index is -3.33. The Hall–Kier alpha value is -2.62. The van der Waals surface area contributed by atoms with Crippen molar-refractivity contribution in [2.45, 2.75) is 57.6 Å². The van der Waals surface area contributed by atoms with Crippen LogP contribution in [0.25, 0.3) is 0 Å². The second kappa shape index (κ2) is 10.4. The summed E-state index contributed by atoms with van der Waals surface area (Å²) in [6.45, 7) is 8.58. The number of ether oxygens (including phenoxy) is 1. The zero-order valence-electron chi connectivity index (χ0n) is 18.2. The summed E-state index contributed by atoms with van der Waals surface area (Å²) in [4.78, 5) is 36.2. The van der Waals surface area contributed by atoms with Crippen LogP contribution in [0.4, 0.5) is 10.5 Å². The lowest BCUT2D eigenvalue weighted by atomic mass is 10.0. The number of rotatable bonds is 9. The van der Waals surface area contributed by atoms with Gasteiger partial charge < -0.3 is 20.7 Å². The number of hydrogen-bond acceptors (Lipinski definition) is 6. The van der Waals surface area contributed by atoms with Crippen LogP contribution in [-0.4, -0.2) is 50.8 Å². The molecule has 0 heterocycles. The maximum atomic E-state index is 12.6. The number of anilines is 1. The Kier molecular flexibility index (Phi) is 8.83. The second-order valence-electron chi connectivity index (χ2n) is 8.15. The zero-order chi connectivity index (χ0) is 23.1. The monoisotopic (exact) mass is 441 g/mol. The first-order chi connectivity index (χ1) is 13.7. The molecule has 0 aromatic heterocycles. The summed E-state index contributed by atoms with van der Waals surface area (Å²) in [5, 5.41) is 7.92. The van der Waals surface area contributed by atoms with Gasteiger partial charge in [-0.1, -0.05) is 13.8 Å². The van der Waals surface area contributed by atoms with E-state index >= 15 is 0 Å². The van der Waals surface area contributed by atoms with E-state index in [2.05, 4.69) is 16.0 Å². The highest BCUT2D eigenvalue weighted by molar-refractivity contribution is 7.90. The topological polar surface area (TPSA) is 131 Å². The molecule has 0 spiro atoms. The van der Waals surface area contributed by atoms with Crippen LogP contribution in [0, 0.1) is 5.92 Å². The predicted octanol–water partition coefficient (Wildman–Crippen LogP) is 2.08. The lowest BCUT2D eigenvalue weighted by molar-refractivity contribution is -0.154. The van der Waals surface area contributed by atoms with Gasteiger partial charge >= 0.3 is 12.0 Å². The fourth-order valence-corrected chi connectivity index (χ4v) is 3.29. The van der Waals surface area contributed by atoms with Crippen LogP contribution < -0.4 is 16.0 Å². The minimum Gasteiger partial charge on any atom is -0.458 e. The summed E-state index contributed by atoms with van der Waals surface area (Å²) in [6.07, 6.45) is 1.50. The average molecular weight is 442 g/mol. The normalized spacial score (nSPS) is 12.8. The number of carbonyl (C=O) groups excluding carboxylic acids is 3. The molecule has 1 aromatic rings. The Morgan fingerprint density at radius 1 is 1.10 bits per heavy atom. The minimum absolute atomic E-state index is 0.0935. The van der Waals surface area contributed by atoms with E-state index in [0.29, 0.717) is 12.1 Å². The van der Waals surface area contributed by atoms with Crippen molar-refractivity contribution >= 4 is 33.4 Å². The summed E-state index contributed by atoms with van der Waals surface area (Å²) in [7, 11) is -3.33. The number of sulfone groups is 1. The van der Waals surface area contributed by atoms with Gasteiger partial charge in [-0.15, -0.1) is 0 Å².